The number of amides is 2. The molecule has 0 aromatic heterocycles. The van der Waals surface area contributed by atoms with Gasteiger partial charge in [-0.3, -0.25) is 13.9 Å². The number of unbranched alkanes of at least 4 members (excludes halogenated alkanes) is 1. The first-order chi connectivity index (χ1) is 16.0. The summed E-state index contributed by atoms with van der Waals surface area (Å²) in [5, 5.41) is 3.40. The van der Waals surface area contributed by atoms with Crippen LogP contribution < -0.4 is 9.62 Å². The van der Waals surface area contributed by atoms with E-state index in [1.54, 1.807) is 25.1 Å². The van der Waals surface area contributed by atoms with Gasteiger partial charge in [-0.15, -0.1) is 0 Å². The van der Waals surface area contributed by atoms with Crippen LogP contribution in [0.25, 0.3) is 0 Å². The fraction of sp³-hybridized carbons (Fsp3) is 0.391. The zero-order chi connectivity index (χ0) is 25.5. The van der Waals surface area contributed by atoms with Crippen molar-refractivity contribution in [1.82, 2.24) is 10.2 Å². The van der Waals surface area contributed by atoms with Crippen molar-refractivity contribution in [3.05, 3.63) is 63.9 Å². The Balaban J connectivity index is 2.39. The van der Waals surface area contributed by atoms with E-state index < -0.39 is 40.2 Å². The molecule has 0 unspecified atom stereocenters. The molecule has 0 spiro atoms. The van der Waals surface area contributed by atoms with Gasteiger partial charge in [-0.25, -0.2) is 12.8 Å². The fourth-order valence-electron chi connectivity index (χ4n) is 3.19. The molecule has 186 valence electrons. The van der Waals surface area contributed by atoms with Gasteiger partial charge in [0.05, 0.1) is 11.9 Å². The van der Waals surface area contributed by atoms with E-state index in [4.69, 9.17) is 23.2 Å². The zero-order valence-corrected chi connectivity index (χ0v) is 21.6. The fourth-order valence-corrected chi connectivity index (χ4v) is 4.56. The maximum absolute atomic E-state index is 13.4. The quantitative estimate of drug-likeness (QED) is 0.439. The third kappa shape index (κ3) is 7.58. The molecule has 0 aliphatic heterocycles. The molecule has 1 N–H and O–H groups in total. The number of nitrogens with zero attached hydrogens (tertiary/aromatic N) is 2. The molecule has 0 saturated heterocycles. The van der Waals surface area contributed by atoms with Crippen LogP contribution in [0.15, 0.2) is 42.5 Å². The molecule has 2 rings (SSSR count). The minimum Gasteiger partial charge on any atom is -0.354 e. The van der Waals surface area contributed by atoms with Gasteiger partial charge in [0.25, 0.3) is 0 Å². The molecule has 7 nitrogen and oxygen atoms in total. The van der Waals surface area contributed by atoms with Crippen molar-refractivity contribution in [2.75, 3.05) is 23.7 Å². The molecule has 11 heteroatoms. The second-order valence-electron chi connectivity index (χ2n) is 7.79. The smallest absolute Gasteiger partial charge is 0.244 e. The number of sulfonamides is 1. The maximum Gasteiger partial charge on any atom is 0.244 e. The molecule has 1 atom stereocenters. The molecule has 0 radical (unpaired) electrons. The van der Waals surface area contributed by atoms with Gasteiger partial charge in [-0.1, -0.05) is 42.6 Å². The van der Waals surface area contributed by atoms with E-state index in [1.807, 2.05) is 6.92 Å². The number of carbonyl (C=O) groups is 2. The summed E-state index contributed by atoms with van der Waals surface area (Å²) in [5.74, 6) is -1.59. The second kappa shape index (κ2) is 12.4. The predicted octanol–water partition coefficient (Wildman–Crippen LogP) is 4.23. The molecular weight excluding hydrogens is 504 g/mol. The molecule has 0 aliphatic rings. The van der Waals surface area contributed by atoms with Crippen LogP contribution in [0.4, 0.5) is 10.1 Å². The van der Waals surface area contributed by atoms with Crippen molar-refractivity contribution in [2.24, 2.45) is 0 Å². The Hall–Kier alpha value is -2.36. The van der Waals surface area contributed by atoms with E-state index in [1.165, 1.54) is 17.0 Å². The predicted molar refractivity (Wildman–Crippen MR) is 133 cm³/mol. The molecule has 2 amide bonds. The van der Waals surface area contributed by atoms with Gasteiger partial charge >= 0.3 is 0 Å². The highest BCUT2D eigenvalue weighted by atomic mass is 35.5. The molecule has 0 heterocycles. The molecule has 0 saturated carbocycles. The van der Waals surface area contributed by atoms with Gasteiger partial charge in [-0.05, 0) is 49.7 Å². The van der Waals surface area contributed by atoms with Gasteiger partial charge in [0.1, 0.15) is 18.4 Å². The highest BCUT2D eigenvalue weighted by molar-refractivity contribution is 7.92. The summed E-state index contributed by atoms with van der Waals surface area (Å²) >= 11 is 12.6. The van der Waals surface area contributed by atoms with Crippen molar-refractivity contribution in [2.45, 2.75) is 39.3 Å². The standard InChI is InChI=1S/C23H28Cl2FN3O4S/c1-4-5-13-27-23(31)16(2)28(14-19-20(24)7-6-8-21(19)25)22(30)15-29(34(3,32)33)18-11-9-17(26)10-12-18/h6-12,16H,4-5,13-15H2,1-3H3,(H,27,31)/t16-/m0/s1. The number of halogens is 3. The van der Waals surface area contributed by atoms with Crippen LogP contribution in [0.5, 0.6) is 0 Å². The van der Waals surface area contributed by atoms with E-state index in [2.05, 4.69) is 5.32 Å². The number of hydrogen-bond donors (Lipinski definition) is 1. The molecule has 0 fully saturated rings. The molecule has 2 aromatic carbocycles. The Morgan fingerprint density at radius 3 is 2.21 bits per heavy atom. The largest absolute Gasteiger partial charge is 0.354 e. The normalized spacial score (nSPS) is 12.2. The lowest BCUT2D eigenvalue weighted by Gasteiger charge is -2.32. The van der Waals surface area contributed by atoms with Crippen LogP contribution in [0.2, 0.25) is 10.0 Å². The van der Waals surface area contributed by atoms with Gasteiger partial charge in [0, 0.05) is 28.7 Å². The number of rotatable bonds is 11. The van der Waals surface area contributed by atoms with Crippen molar-refractivity contribution in [3.63, 3.8) is 0 Å². The monoisotopic (exact) mass is 531 g/mol. The third-order valence-corrected chi connectivity index (χ3v) is 7.03. The van der Waals surface area contributed by atoms with Crippen molar-refractivity contribution >= 4 is 50.7 Å². The van der Waals surface area contributed by atoms with Crippen LogP contribution in [-0.4, -0.2) is 50.5 Å². The van der Waals surface area contributed by atoms with E-state index in [0.717, 1.165) is 35.5 Å². The van der Waals surface area contributed by atoms with Crippen LogP contribution >= 0.6 is 23.2 Å². The Kier molecular flexibility index (Phi) is 10.1. The summed E-state index contributed by atoms with van der Waals surface area (Å²) in [6.07, 6.45) is 2.60. The summed E-state index contributed by atoms with van der Waals surface area (Å²) < 4.78 is 39.1. The summed E-state index contributed by atoms with van der Waals surface area (Å²) in [5.41, 5.74) is 0.549. The van der Waals surface area contributed by atoms with Gasteiger partial charge < -0.3 is 10.2 Å². The lowest BCUT2D eigenvalue weighted by molar-refractivity contribution is -0.139. The number of hydrogen-bond acceptors (Lipinski definition) is 4. The number of benzene rings is 2. The van der Waals surface area contributed by atoms with Crippen molar-refractivity contribution in [1.29, 1.82) is 0 Å². The SMILES string of the molecule is CCCCNC(=O)[C@H](C)N(Cc1c(Cl)cccc1Cl)C(=O)CN(c1ccc(F)cc1)S(C)(=O)=O. The average molecular weight is 532 g/mol. The maximum atomic E-state index is 13.4. The summed E-state index contributed by atoms with van der Waals surface area (Å²) in [6.45, 7) is 3.27. The summed E-state index contributed by atoms with van der Waals surface area (Å²) in [6, 6.07) is 8.66. The Bertz CT molecular complexity index is 1090. The summed E-state index contributed by atoms with van der Waals surface area (Å²) in [4.78, 5) is 27.4. The minimum atomic E-state index is -3.90. The Morgan fingerprint density at radius 1 is 1.09 bits per heavy atom. The van der Waals surface area contributed by atoms with Crippen LogP contribution in [-0.2, 0) is 26.2 Å². The molecule has 0 bridgehead atoms. The summed E-state index contributed by atoms with van der Waals surface area (Å²) in [7, 11) is -3.90. The topological polar surface area (TPSA) is 86.8 Å². The van der Waals surface area contributed by atoms with Crippen LogP contribution in [0.1, 0.15) is 32.3 Å². The van der Waals surface area contributed by atoms with Crippen LogP contribution in [0.3, 0.4) is 0 Å². The van der Waals surface area contributed by atoms with Gasteiger partial charge in [0.2, 0.25) is 21.8 Å². The van der Waals surface area contributed by atoms with E-state index >= 15 is 0 Å². The average Bonchev–Trinajstić information content (AvgIpc) is 2.77. The number of nitrogens with one attached hydrogen (secondary N) is 1. The van der Waals surface area contributed by atoms with E-state index in [9.17, 15) is 22.4 Å². The van der Waals surface area contributed by atoms with E-state index in [0.29, 0.717) is 22.2 Å². The molecule has 0 aliphatic carbocycles. The van der Waals surface area contributed by atoms with Gasteiger partial charge in [-0.2, -0.15) is 0 Å². The highest BCUT2D eigenvalue weighted by Crippen LogP contribution is 2.27. The Morgan fingerprint density at radius 2 is 1.68 bits per heavy atom. The molecular formula is C23H28Cl2FN3O4S. The van der Waals surface area contributed by atoms with Crippen LogP contribution in [0, 0.1) is 5.82 Å². The first kappa shape index (κ1) is 27.9. The van der Waals surface area contributed by atoms with Crippen molar-refractivity contribution in [3.8, 4) is 0 Å². The minimum absolute atomic E-state index is 0.110. The lowest BCUT2D eigenvalue weighted by Crippen LogP contribution is -2.51. The first-order valence-electron chi connectivity index (χ1n) is 10.7. The highest BCUT2D eigenvalue weighted by Gasteiger charge is 2.30. The zero-order valence-electron chi connectivity index (χ0n) is 19.2. The second-order valence-corrected chi connectivity index (χ2v) is 10.5. The Labute approximate surface area is 209 Å². The molecule has 34 heavy (non-hydrogen) atoms. The third-order valence-electron chi connectivity index (χ3n) is 5.18. The van der Waals surface area contributed by atoms with Gasteiger partial charge in [0.15, 0.2) is 0 Å². The number of anilines is 1. The van der Waals surface area contributed by atoms with Crippen molar-refractivity contribution < 1.29 is 22.4 Å². The molecule has 2 aromatic rings. The first-order valence-corrected chi connectivity index (χ1v) is 13.3. The number of carbonyl (C=O) groups excluding carboxylic acids is 2. The van der Waals surface area contributed by atoms with E-state index in [-0.39, 0.29) is 12.2 Å². The lowest BCUT2D eigenvalue weighted by atomic mass is 10.1.